The van der Waals surface area contributed by atoms with Crippen LogP contribution in [0.5, 0.6) is 0 Å². The molecule has 5 heteroatoms. The lowest BCUT2D eigenvalue weighted by molar-refractivity contribution is -0.160. The maximum atomic E-state index is 12.9. The van der Waals surface area contributed by atoms with Gasteiger partial charge in [-0.05, 0) is 25.7 Å². The Morgan fingerprint density at radius 3 is 2.35 bits per heavy atom. The molecule has 116 valence electrons. The van der Waals surface area contributed by atoms with Crippen LogP contribution in [0, 0.1) is 5.92 Å². The van der Waals surface area contributed by atoms with Gasteiger partial charge in [0.15, 0.2) is 0 Å². The molecule has 0 aromatic heterocycles. The molecule has 2 amide bonds. The Morgan fingerprint density at radius 1 is 1.35 bits per heavy atom. The predicted octanol–water partition coefficient (Wildman–Crippen LogP) is 1.56. The van der Waals surface area contributed by atoms with Gasteiger partial charge in [0, 0.05) is 7.11 Å². The summed E-state index contributed by atoms with van der Waals surface area (Å²) in [6.07, 6.45) is 1.20. The largest absolute Gasteiger partial charge is 0.383 e. The number of rotatable bonds is 6. The van der Waals surface area contributed by atoms with Crippen molar-refractivity contribution in [1.29, 1.82) is 0 Å². The molecular weight excluding hydrogens is 256 g/mol. The zero-order valence-corrected chi connectivity index (χ0v) is 13.5. The highest BCUT2D eigenvalue weighted by molar-refractivity contribution is 5.99. The summed E-state index contributed by atoms with van der Waals surface area (Å²) >= 11 is 0. The van der Waals surface area contributed by atoms with Crippen molar-refractivity contribution in [3.8, 4) is 0 Å². The zero-order chi connectivity index (χ0) is 15.5. The maximum absolute atomic E-state index is 12.9. The Bertz CT molecular complexity index is 370. The fourth-order valence-electron chi connectivity index (χ4n) is 2.73. The summed E-state index contributed by atoms with van der Waals surface area (Å²) in [7, 11) is 1.63. The first kappa shape index (κ1) is 17.0. The van der Waals surface area contributed by atoms with Crippen molar-refractivity contribution in [3.63, 3.8) is 0 Å². The Labute approximate surface area is 122 Å². The standard InChI is InChI=1S/C15H28N2O3/c1-7-11-13(18)16-15(5,8-2)14(19)17(11)12(9-20-6)10(3)4/h10-12H,7-9H2,1-6H3,(H,16,18). The minimum atomic E-state index is -0.802. The average Bonchev–Trinajstić information content (AvgIpc) is 2.40. The molecule has 20 heavy (non-hydrogen) atoms. The number of hydrogen-bond acceptors (Lipinski definition) is 3. The highest BCUT2D eigenvalue weighted by atomic mass is 16.5. The van der Waals surface area contributed by atoms with Crippen LogP contribution in [-0.4, -0.2) is 48.1 Å². The van der Waals surface area contributed by atoms with Crippen LogP contribution in [0.15, 0.2) is 0 Å². The molecule has 3 atom stereocenters. The van der Waals surface area contributed by atoms with Crippen LogP contribution in [-0.2, 0) is 14.3 Å². The van der Waals surface area contributed by atoms with E-state index in [9.17, 15) is 9.59 Å². The number of amides is 2. The quantitative estimate of drug-likeness (QED) is 0.805. The van der Waals surface area contributed by atoms with Gasteiger partial charge in [-0.25, -0.2) is 0 Å². The van der Waals surface area contributed by atoms with Crippen molar-refractivity contribution in [2.24, 2.45) is 5.92 Å². The second-order valence-electron chi connectivity index (χ2n) is 6.08. The van der Waals surface area contributed by atoms with Gasteiger partial charge in [0.25, 0.3) is 0 Å². The minimum Gasteiger partial charge on any atom is -0.383 e. The van der Waals surface area contributed by atoms with Gasteiger partial charge in [0.05, 0.1) is 12.6 Å². The van der Waals surface area contributed by atoms with Crippen molar-refractivity contribution in [2.75, 3.05) is 13.7 Å². The molecule has 1 fully saturated rings. The number of hydrogen-bond donors (Lipinski definition) is 1. The van der Waals surface area contributed by atoms with Crippen LogP contribution in [0.4, 0.5) is 0 Å². The Kier molecular flexibility index (Phi) is 5.57. The van der Waals surface area contributed by atoms with Crippen molar-refractivity contribution in [2.45, 2.75) is 65.1 Å². The third-order valence-corrected chi connectivity index (χ3v) is 4.30. The number of ether oxygens (including phenoxy) is 1. The fourth-order valence-corrected chi connectivity index (χ4v) is 2.73. The average molecular weight is 284 g/mol. The molecule has 1 aliphatic rings. The summed E-state index contributed by atoms with van der Waals surface area (Å²) in [5.74, 6) is 0.181. The predicted molar refractivity (Wildman–Crippen MR) is 78.3 cm³/mol. The first-order valence-electron chi connectivity index (χ1n) is 7.46. The molecule has 1 saturated heterocycles. The molecule has 0 bridgehead atoms. The Balaban J connectivity index is 3.19. The van der Waals surface area contributed by atoms with E-state index in [2.05, 4.69) is 19.2 Å². The fraction of sp³-hybridized carbons (Fsp3) is 0.867. The molecule has 1 aliphatic heterocycles. The van der Waals surface area contributed by atoms with Crippen molar-refractivity contribution in [1.82, 2.24) is 10.2 Å². The van der Waals surface area contributed by atoms with E-state index < -0.39 is 11.6 Å². The molecule has 1 heterocycles. The monoisotopic (exact) mass is 284 g/mol. The molecule has 0 spiro atoms. The third-order valence-electron chi connectivity index (χ3n) is 4.30. The van der Waals surface area contributed by atoms with Crippen LogP contribution in [0.2, 0.25) is 0 Å². The van der Waals surface area contributed by atoms with Crippen molar-refractivity contribution >= 4 is 11.8 Å². The summed E-state index contributed by atoms with van der Waals surface area (Å²) < 4.78 is 5.27. The lowest BCUT2D eigenvalue weighted by Crippen LogP contribution is -2.71. The highest BCUT2D eigenvalue weighted by Crippen LogP contribution is 2.27. The molecule has 5 nitrogen and oxygen atoms in total. The molecule has 0 aromatic carbocycles. The van der Waals surface area contributed by atoms with Crippen LogP contribution in [0.25, 0.3) is 0 Å². The van der Waals surface area contributed by atoms with Gasteiger partial charge in [0.2, 0.25) is 11.8 Å². The van der Waals surface area contributed by atoms with Gasteiger partial charge in [-0.1, -0.05) is 27.7 Å². The second-order valence-corrected chi connectivity index (χ2v) is 6.08. The lowest BCUT2D eigenvalue weighted by Gasteiger charge is -2.48. The number of piperazine rings is 1. The van der Waals surface area contributed by atoms with E-state index in [4.69, 9.17) is 4.74 Å². The van der Waals surface area contributed by atoms with Gasteiger partial charge in [-0.3, -0.25) is 9.59 Å². The smallest absolute Gasteiger partial charge is 0.249 e. The molecule has 1 N–H and O–H groups in total. The minimum absolute atomic E-state index is 0.00204. The van der Waals surface area contributed by atoms with Gasteiger partial charge in [-0.2, -0.15) is 0 Å². The number of methoxy groups -OCH3 is 1. The van der Waals surface area contributed by atoms with E-state index in [1.165, 1.54) is 0 Å². The summed E-state index contributed by atoms with van der Waals surface area (Å²) in [4.78, 5) is 27.0. The summed E-state index contributed by atoms with van der Waals surface area (Å²) in [5, 5.41) is 2.89. The van der Waals surface area contributed by atoms with Crippen LogP contribution in [0.1, 0.15) is 47.5 Å². The molecular formula is C15H28N2O3. The van der Waals surface area contributed by atoms with E-state index in [1.807, 2.05) is 13.8 Å². The van der Waals surface area contributed by atoms with Crippen molar-refractivity contribution in [3.05, 3.63) is 0 Å². The van der Waals surface area contributed by atoms with Gasteiger partial charge < -0.3 is 15.0 Å². The van der Waals surface area contributed by atoms with E-state index in [0.717, 1.165) is 0 Å². The topological polar surface area (TPSA) is 58.6 Å². The van der Waals surface area contributed by atoms with Crippen molar-refractivity contribution < 1.29 is 14.3 Å². The first-order chi connectivity index (χ1) is 9.32. The lowest BCUT2D eigenvalue weighted by atomic mass is 9.88. The van der Waals surface area contributed by atoms with E-state index >= 15 is 0 Å². The molecule has 0 radical (unpaired) electrons. The third kappa shape index (κ3) is 2.97. The zero-order valence-electron chi connectivity index (χ0n) is 13.5. The normalized spacial score (nSPS) is 28.8. The molecule has 3 unspecified atom stereocenters. The molecule has 0 aromatic rings. The molecule has 0 aliphatic carbocycles. The van der Waals surface area contributed by atoms with Gasteiger partial charge in [0.1, 0.15) is 11.6 Å². The second kappa shape index (κ2) is 6.57. The van der Waals surface area contributed by atoms with Crippen LogP contribution >= 0.6 is 0 Å². The van der Waals surface area contributed by atoms with Gasteiger partial charge >= 0.3 is 0 Å². The number of nitrogens with one attached hydrogen (secondary N) is 1. The Morgan fingerprint density at radius 2 is 1.95 bits per heavy atom. The summed E-state index contributed by atoms with van der Waals surface area (Å²) in [6, 6.07) is -0.473. The van der Waals surface area contributed by atoms with E-state index in [-0.39, 0.29) is 23.8 Å². The molecule has 0 saturated carbocycles. The van der Waals surface area contributed by atoms with E-state index in [0.29, 0.717) is 19.4 Å². The number of carbonyl (C=O) groups is 2. The highest BCUT2D eigenvalue weighted by Gasteiger charge is 2.49. The maximum Gasteiger partial charge on any atom is 0.249 e. The summed E-state index contributed by atoms with van der Waals surface area (Å²) in [6.45, 7) is 10.2. The number of nitrogens with zero attached hydrogens (tertiary/aromatic N) is 1. The van der Waals surface area contributed by atoms with Gasteiger partial charge in [-0.15, -0.1) is 0 Å². The SMILES string of the molecule is CCC1C(=O)NC(C)(CC)C(=O)N1C(COC)C(C)C. The van der Waals surface area contributed by atoms with E-state index in [1.54, 1.807) is 18.9 Å². The molecule has 1 rings (SSSR count). The van der Waals surface area contributed by atoms with Crippen LogP contribution < -0.4 is 5.32 Å². The van der Waals surface area contributed by atoms with Crippen LogP contribution in [0.3, 0.4) is 0 Å². The Hall–Kier alpha value is -1.10. The number of carbonyl (C=O) groups excluding carboxylic acids is 2. The summed E-state index contributed by atoms with van der Waals surface area (Å²) in [5.41, 5.74) is -0.802. The first-order valence-corrected chi connectivity index (χ1v) is 7.46.